The van der Waals surface area contributed by atoms with Gasteiger partial charge >= 0.3 is 0 Å². The van der Waals surface area contributed by atoms with Crippen molar-refractivity contribution < 1.29 is 9.53 Å². The number of thiocarbonyl (C=S) groups is 1. The second-order valence-electron chi connectivity index (χ2n) is 3.63. The molecule has 0 aromatic heterocycles. The van der Waals surface area contributed by atoms with Crippen LogP contribution in [0.4, 0.5) is 0 Å². The topological polar surface area (TPSA) is 29.5 Å². The number of thioether (sulfide) groups is 1. The van der Waals surface area contributed by atoms with Crippen LogP contribution in [0.5, 0.6) is 5.75 Å². The Hall–Kier alpha value is -0.600. The lowest BCUT2D eigenvalue weighted by Gasteiger charge is -2.04. The number of benzene rings is 1. The van der Waals surface area contributed by atoms with Crippen molar-refractivity contribution in [3.05, 3.63) is 32.2 Å². The third-order valence-corrected chi connectivity index (χ3v) is 4.79. The number of likely N-dealkylation sites (N-methyl/N-ethyl adjacent to an activating group) is 1. The molecule has 6 heteroatoms. The van der Waals surface area contributed by atoms with E-state index in [1.54, 1.807) is 14.2 Å². The summed E-state index contributed by atoms with van der Waals surface area (Å²) < 4.78 is 6.80. The Kier molecular flexibility index (Phi) is 4.29. The highest BCUT2D eigenvalue weighted by Gasteiger charge is 2.28. The van der Waals surface area contributed by atoms with Gasteiger partial charge in [0.2, 0.25) is 0 Å². The van der Waals surface area contributed by atoms with Crippen LogP contribution in [0.15, 0.2) is 23.1 Å². The number of halogens is 1. The number of hydrogen-bond donors (Lipinski definition) is 0. The molecular formula is C12H10INO2S2. The van der Waals surface area contributed by atoms with Crippen molar-refractivity contribution in [1.82, 2.24) is 4.90 Å². The number of amides is 1. The van der Waals surface area contributed by atoms with E-state index in [2.05, 4.69) is 22.6 Å². The summed E-state index contributed by atoms with van der Waals surface area (Å²) in [5, 5.41) is 0. The molecule has 94 valence electrons. The minimum absolute atomic E-state index is 0.0455. The van der Waals surface area contributed by atoms with Crippen LogP contribution in [0.1, 0.15) is 5.56 Å². The smallest absolute Gasteiger partial charge is 0.265 e. The summed E-state index contributed by atoms with van der Waals surface area (Å²) in [6, 6.07) is 5.78. The fourth-order valence-electron chi connectivity index (χ4n) is 1.47. The molecule has 0 bridgehead atoms. The minimum Gasteiger partial charge on any atom is -0.496 e. The van der Waals surface area contributed by atoms with Gasteiger partial charge in [-0.3, -0.25) is 9.69 Å². The zero-order valence-electron chi connectivity index (χ0n) is 9.77. The summed E-state index contributed by atoms with van der Waals surface area (Å²) in [6.45, 7) is 0. The van der Waals surface area contributed by atoms with E-state index in [0.29, 0.717) is 9.23 Å². The van der Waals surface area contributed by atoms with Crippen LogP contribution >= 0.6 is 46.6 Å². The third-order valence-electron chi connectivity index (χ3n) is 2.46. The molecule has 1 aromatic carbocycles. The van der Waals surface area contributed by atoms with Crippen molar-refractivity contribution >= 4 is 62.9 Å². The van der Waals surface area contributed by atoms with E-state index in [0.717, 1.165) is 14.9 Å². The van der Waals surface area contributed by atoms with Gasteiger partial charge in [0, 0.05) is 7.05 Å². The number of methoxy groups -OCH3 is 1. The lowest BCUT2D eigenvalue weighted by Crippen LogP contribution is -2.22. The molecule has 2 rings (SSSR count). The van der Waals surface area contributed by atoms with Gasteiger partial charge in [0.15, 0.2) is 0 Å². The maximum atomic E-state index is 11.9. The van der Waals surface area contributed by atoms with Crippen molar-refractivity contribution in [3.63, 3.8) is 0 Å². The number of hydrogen-bond acceptors (Lipinski definition) is 4. The standard InChI is InChI=1S/C12H10INO2S2/c1-14-11(15)10(18-12(14)17)6-7-3-4-9(16-2)8(13)5-7/h3-6H,1-2H3/b10-6+. The first-order valence-corrected chi connectivity index (χ1v) is 7.38. The first kappa shape index (κ1) is 13.8. The summed E-state index contributed by atoms with van der Waals surface area (Å²) in [7, 11) is 3.33. The Balaban J connectivity index is 2.32. The molecule has 0 spiro atoms. The van der Waals surface area contributed by atoms with E-state index in [1.807, 2.05) is 24.3 Å². The van der Waals surface area contributed by atoms with Crippen molar-refractivity contribution in [2.45, 2.75) is 0 Å². The predicted octanol–water partition coefficient (Wildman–Crippen LogP) is 3.13. The fourth-order valence-corrected chi connectivity index (χ4v) is 3.41. The number of carbonyl (C=O) groups is 1. The van der Waals surface area contributed by atoms with E-state index in [9.17, 15) is 4.79 Å². The Morgan fingerprint density at radius 3 is 2.72 bits per heavy atom. The molecule has 3 nitrogen and oxygen atoms in total. The van der Waals surface area contributed by atoms with E-state index < -0.39 is 0 Å². The quantitative estimate of drug-likeness (QED) is 0.440. The molecule has 0 aliphatic carbocycles. The molecule has 18 heavy (non-hydrogen) atoms. The van der Waals surface area contributed by atoms with Crippen molar-refractivity contribution in [1.29, 1.82) is 0 Å². The average molecular weight is 391 g/mol. The van der Waals surface area contributed by atoms with Crippen LogP contribution in [0.3, 0.4) is 0 Å². The second kappa shape index (κ2) is 5.58. The highest BCUT2D eigenvalue weighted by atomic mass is 127. The molecule has 0 radical (unpaired) electrons. The molecule has 0 saturated carbocycles. The van der Waals surface area contributed by atoms with Gasteiger partial charge in [-0.25, -0.2) is 0 Å². The van der Waals surface area contributed by atoms with E-state index in [4.69, 9.17) is 17.0 Å². The lowest BCUT2D eigenvalue weighted by atomic mass is 10.2. The summed E-state index contributed by atoms with van der Waals surface area (Å²) in [4.78, 5) is 14.0. The van der Waals surface area contributed by atoms with Gasteiger partial charge < -0.3 is 4.74 Å². The predicted molar refractivity (Wildman–Crippen MR) is 86.6 cm³/mol. The molecule has 1 amide bonds. The number of carbonyl (C=O) groups excluding carboxylic acids is 1. The Morgan fingerprint density at radius 2 is 2.22 bits per heavy atom. The molecule has 1 aliphatic heterocycles. The molecule has 1 aromatic rings. The van der Waals surface area contributed by atoms with Crippen LogP contribution in [-0.4, -0.2) is 29.3 Å². The van der Waals surface area contributed by atoms with Crippen LogP contribution in [0.25, 0.3) is 6.08 Å². The molecule has 1 saturated heterocycles. The van der Waals surface area contributed by atoms with Crippen molar-refractivity contribution in [2.24, 2.45) is 0 Å². The van der Waals surface area contributed by atoms with Gasteiger partial charge in [-0.2, -0.15) is 0 Å². The van der Waals surface area contributed by atoms with Gasteiger partial charge in [-0.15, -0.1) is 0 Å². The molecule has 1 fully saturated rings. The molecule has 0 unspecified atom stereocenters. The molecule has 0 atom stereocenters. The van der Waals surface area contributed by atoms with E-state index in [-0.39, 0.29) is 5.91 Å². The molecule has 1 aliphatic rings. The monoisotopic (exact) mass is 391 g/mol. The zero-order valence-corrected chi connectivity index (χ0v) is 13.6. The van der Waals surface area contributed by atoms with Crippen LogP contribution in [0.2, 0.25) is 0 Å². The number of nitrogens with zero attached hydrogens (tertiary/aromatic N) is 1. The molecule has 0 N–H and O–H groups in total. The van der Waals surface area contributed by atoms with Gasteiger partial charge in [0.05, 0.1) is 15.6 Å². The third kappa shape index (κ3) is 2.70. The fraction of sp³-hybridized carbons (Fsp3) is 0.167. The van der Waals surface area contributed by atoms with E-state index >= 15 is 0 Å². The van der Waals surface area contributed by atoms with Gasteiger partial charge in [0.25, 0.3) is 5.91 Å². The second-order valence-corrected chi connectivity index (χ2v) is 6.47. The summed E-state index contributed by atoms with van der Waals surface area (Å²) in [6.07, 6.45) is 1.85. The highest BCUT2D eigenvalue weighted by Crippen LogP contribution is 2.32. The van der Waals surface area contributed by atoms with Crippen LogP contribution < -0.4 is 4.74 Å². The number of rotatable bonds is 2. The van der Waals surface area contributed by atoms with Gasteiger partial charge in [-0.05, 0) is 46.4 Å². The summed E-state index contributed by atoms with van der Waals surface area (Å²) >= 11 is 8.61. The van der Waals surface area contributed by atoms with Gasteiger partial charge in [0.1, 0.15) is 10.1 Å². The summed E-state index contributed by atoms with van der Waals surface area (Å²) in [5.41, 5.74) is 0.967. The molecule has 1 heterocycles. The zero-order chi connectivity index (χ0) is 13.3. The maximum absolute atomic E-state index is 11.9. The van der Waals surface area contributed by atoms with Crippen LogP contribution in [-0.2, 0) is 4.79 Å². The normalized spacial score (nSPS) is 17.7. The Morgan fingerprint density at radius 1 is 1.50 bits per heavy atom. The minimum atomic E-state index is -0.0455. The number of ether oxygens (including phenoxy) is 1. The first-order chi connectivity index (χ1) is 8.52. The lowest BCUT2D eigenvalue weighted by molar-refractivity contribution is -0.121. The van der Waals surface area contributed by atoms with E-state index in [1.165, 1.54) is 16.7 Å². The average Bonchev–Trinajstić information content (AvgIpc) is 2.57. The highest BCUT2D eigenvalue weighted by molar-refractivity contribution is 14.1. The van der Waals surface area contributed by atoms with Gasteiger partial charge in [-0.1, -0.05) is 30.0 Å². The maximum Gasteiger partial charge on any atom is 0.265 e. The molecular weight excluding hydrogens is 381 g/mol. The Bertz CT molecular complexity index is 557. The summed E-state index contributed by atoms with van der Waals surface area (Å²) in [5.74, 6) is 0.784. The Labute approximate surface area is 129 Å². The van der Waals surface area contributed by atoms with Crippen LogP contribution in [0, 0.1) is 3.57 Å². The first-order valence-electron chi connectivity index (χ1n) is 5.08. The van der Waals surface area contributed by atoms with Crippen molar-refractivity contribution in [3.8, 4) is 5.75 Å². The van der Waals surface area contributed by atoms with Crippen molar-refractivity contribution in [2.75, 3.05) is 14.2 Å². The largest absolute Gasteiger partial charge is 0.496 e. The SMILES string of the molecule is COc1ccc(/C=C2/SC(=S)N(C)C2=O)cc1I.